The zero-order chi connectivity index (χ0) is 22.4. The van der Waals surface area contributed by atoms with Crippen molar-refractivity contribution in [2.45, 2.75) is 24.6 Å². The third-order valence-electron chi connectivity index (χ3n) is 4.83. The second-order valence-electron chi connectivity index (χ2n) is 7.00. The molecule has 11 nitrogen and oxygen atoms in total. The highest BCUT2D eigenvalue weighted by molar-refractivity contribution is 5.88. The van der Waals surface area contributed by atoms with Gasteiger partial charge in [0.25, 0.3) is 0 Å². The van der Waals surface area contributed by atoms with Crippen LogP contribution in [0.4, 0.5) is 0 Å². The molecule has 11 heteroatoms. The molecule has 31 heavy (non-hydrogen) atoms. The molecule has 2 aromatic carbocycles. The molecule has 7 N–H and O–H groups in total. The first-order valence-corrected chi connectivity index (χ1v) is 9.05. The van der Waals surface area contributed by atoms with E-state index >= 15 is 0 Å². The van der Waals surface area contributed by atoms with Gasteiger partial charge in [0, 0.05) is 18.2 Å². The summed E-state index contributed by atoms with van der Waals surface area (Å²) in [4.78, 5) is 13.2. The SMILES string of the molecule is O=c1c(O[C@H]2OC[C@H](O)[C@H](O)[C@H]2O)c(-c2ccc(O)cc2O)oc2cc(O)cc(O)c12. The summed E-state index contributed by atoms with van der Waals surface area (Å²) in [5.41, 5.74) is -1.27. The van der Waals surface area contributed by atoms with Gasteiger partial charge in [-0.05, 0) is 12.1 Å². The number of hydrogen-bond donors (Lipinski definition) is 7. The Balaban J connectivity index is 1.93. The van der Waals surface area contributed by atoms with Crippen molar-refractivity contribution in [3.8, 4) is 40.1 Å². The van der Waals surface area contributed by atoms with Gasteiger partial charge in [-0.15, -0.1) is 0 Å². The van der Waals surface area contributed by atoms with Crippen molar-refractivity contribution >= 4 is 11.0 Å². The van der Waals surface area contributed by atoms with Gasteiger partial charge in [0.2, 0.25) is 17.5 Å². The van der Waals surface area contributed by atoms with Gasteiger partial charge in [-0.2, -0.15) is 0 Å². The molecule has 0 aliphatic carbocycles. The van der Waals surface area contributed by atoms with E-state index in [1.807, 2.05) is 0 Å². The fourth-order valence-electron chi connectivity index (χ4n) is 3.26. The minimum absolute atomic E-state index is 0.0967. The number of ether oxygens (including phenoxy) is 2. The van der Waals surface area contributed by atoms with Gasteiger partial charge in [-0.3, -0.25) is 4.79 Å². The van der Waals surface area contributed by atoms with E-state index in [9.17, 15) is 40.5 Å². The van der Waals surface area contributed by atoms with E-state index in [2.05, 4.69) is 0 Å². The van der Waals surface area contributed by atoms with Crippen LogP contribution in [-0.2, 0) is 4.74 Å². The van der Waals surface area contributed by atoms with Crippen molar-refractivity contribution in [3.05, 3.63) is 40.6 Å². The lowest BCUT2D eigenvalue weighted by Crippen LogP contribution is -2.55. The normalized spacial score (nSPS) is 23.7. The van der Waals surface area contributed by atoms with Crippen LogP contribution in [0.3, 0.4) is 0 Å². The predicted octanol–water partition coefficient (Wildman–Crippen LogP) is 0.100. The van der Waals surface area contributed by atoms with E-state index in [4.69, 9.17) is 13.9 Å². The molecule has 1 saturated heterocycles. The summed E-state index contributed by atoms with van der Waals surface area (Å²) in [5.74, 6) is -2.73. The molecule has 164 valence electrons. The summed E-state index contributed by atoms with van der Waals surface area (Å²) < 4.78 is 16.3. The third-order valence-corrected chi connectivity index (χ3v) is 4.83. The van der Waals surface area contributed by atoms with Crippen molar-refractivity contribution in [2.24, 2.45) is 0 Å². The van der Waals surface area contributed by atoms with Crippen molar-refractivity contribution in [1.29, 1.82) is 0 Å². The van der Waals surface area contributed by atoms with Crippen LogP contribution < -0.4 is 10.2 Å². The number of phenolic OH excluding ortho intramolecular Hbond substituents is 4. The average molecular weight is 434 g/mol. The van der Waals surface area contributed by atoms with Gasteiger partial charge in [0.05, 0.1) is 12.2 Å². The predicted molar refractivity (Wildman–Crippen MR) is 103 cm³/mol. The van der Waals surface area contributed by atoms with E-state index in [0.29, 0.717) is 0 Å². The quantitative estimate of drug-likeness (QED) is 0.296. The monoisotopic (exact) mass is 434 g/mol. The van der Waals surface area contributed by atoms with E-state index in [-0.39, 0.29) is 28.0 Å². The molecule has 0 spiro atoms. The summed E-state index contributed by atoms with van der Waals surface area (Å²) in [6, 6.07) is 5.38. The summed E-state index contributed by atoms with van der Waals surface area (Å²) in [7, 11) is 0. The molecule has 0 bridgehead atoms. The Morgan fingerprint density at radius 2 is 1.61 bits per heavy atom. The molecule has 0 unspecified atom stereocenters. The van der Waals surface area contributed by atoms with Crippen LogP contribution in [0.25, 0.3) is 22.3 Å². The molecule has 4 rings (SSSR count). The Morgan fingerprint density at radius 1 is 0.903 bits per heavy atom. The smallest absolute Gasteiger partial charge is 0.239 e. The van der Waals surface area contributed by atoms with E-state index in [1.54, 1.807) is 0 Å². The number of phenols is 4. The highest BCUT2D eigenvalue weighted by atomic mass is 16.7. The molecule has 2 heterocycles. The Morgan fingerprint density at radius 3 is 2.32 bits per heavy atom. The average Bonchev–Trinajstić information content (AvgIpc) is 2.69. The Kier molecular flexibility index (Phi) is 5.11. The number of benzene rings is 2. The summed E-state index contributed by atoms with van der Waals surface area (Å²) >= 11 is 0. The van der Waals surface area contributed by atoms with Gasteiger partial charge in [0.1, 0.15) is 52.3 Å². The minimum atomic E-state index is -1.74. The van der Waals surface area contributed by atoms with Gasteiger partial charge in [-0.25, -0.2) is 0 Å². The fraction of sp³-hybridized carbons (Fsp3) is 0.250. The van der Waals surface area contributed by atoms with E-state index in [0.717, 1.165) is 18.2 Å². The number of fused-ring (bicyclic) bond motifs is 1. The van der Waals surface area contributed by atoms with Crippen molar-refractivity contribution in [1.82, 2.24) is 0 Å². The van der Waals surface area contributed by atoms with Crippen LogP contribution in [0.15, 0.2) is 39.5 Å². The zero-order valence-electron chi connectivity index (χ0n) is 15.7. The first-order valence-electron chi connectivity index (χ1n) is 9.05. The van der Waals surface area contributed by atoms with Gasteiger partial charge >= 0.3 is 0 Å². The van der Waals surface area contributed by atoms with Crippen LogP contribution in [0.2, 0.25) is 0 Å². The maximum Gasteiger partial charge on any atom is 0.239 e. The molecule has 0 radical (unpaired) electrons. The van der Waals surface area contributed by atoms with Crippen LogP contribution in [-0.4, -0.2) is 67.0 Å². The highest BCUT2D eigenvalue weighted by Gasteiger charge is 2.40. The Hall–Kier alpha value is -3.51. The molecule has 1 aromatic heterocycles. The molecule has 1 aliphatic heterocycles. The largest absolute Gasteiger partial charge is 0.508 e. The van der Waals surface area contributed by atoms with Gasteiger partial charge < -0.3 is 49.6 Å². The lowest BCUT2D eigenvalue weighted by molar-refractivity contribution is -0.242. The number of aliphatic hydroxyl groups excluding tert-OH is 3. The third kappa shape index (κ3) is 3.59. The molecule has 1 fully saturated rings. The Labute approximate surface area is 173 Å². The standard InChI is InChI=1S/C20H18O11/c21-7-1-2-9(10(23)3-7)18-19(31-20-17(28)15(26)12(25)6-29-20)16(27)14-11(24)4-8(22)5-13(14)30-18/h1-5,12,15,17,20-26,28H,6H2/t12-,15-,17+,20+/m0/s1. The number of hydrogen-bond acceptors (Lipinski definition) is 11. The maximum absolute atomic E-state index is 13.2. The first kappa shape index (κ1) is 20.8. The van der Waals surface area contributed by atoms with Crippen LogP contribution >= 0.6 is 0 Å². The highest BCUT2D eigenvalue weighted by Crippen LogP contribution is 2.40. The first-order chi connectivity index (χ1) is 14.7. The minimum Gasteiger partial charge on any atom is -0.508 e. The van der Waals surface area contributed by atoms with E-state index < -0.39 is 59.6 Å². The molecule has 3 aromatic rings. The Bertz CT molecular complexity index is 1200. The van der Waals surface area contributed by atoms with Crippen molar-refractivity contribution < 1.29 is 49.6 Å². The summed E-state index contributed by atoms with van der Waals surface area (Å²) in [6.07, 6.45) is -6.35. The topological polar surface area (TPSA) is 190 Å². The maximum atomic E-state index is 13.2. The summed E-state index contributed by atoms with van der Waals surface area (Å²) in [6.45, 7) is -0.402. The molecular formula is C20H18O11. The lowest BCUT2D eigenvalue weighted by atomic mass is 10.1. The summed E-state index contributed by atoms with van der Waals surface area (Å²) in [5, 5.41) is 68.9. The molecule has 0 saturated carbocycles. The van der Waals surface area contributed by atoms with Crippen LogP contribution in [0.5, 0.6) is 28.7 Å². The van der Waals surface area contributed by atoms with E-state index in [1.165, 1.54) is 12.1 Å². The number of aromatic hydroxyl groups is 4. The fourth-order valence-corrected chi connectivity index (χ4v) is 3.26. The molecule has 4 atom stereocenters. The number of rotatable bonds is 3. The lowest BCUT2D eigenvalue weighted by Gasteiger charge is -2.34. The second-order valence-corrected chi connectivity index (χ2v) is 7.00. The van der Waals surface area contributed by atoms with Crippen molar-refractivity contribution in [2.75, 3.05) is 6.61 Å². The van der Waals surface area contributed by atoms with Gasteiger partial charge in [-0.1, -0.05) is 0 Å². The number of aliphatic hydroxyl groups is 3. The zero-order valence-corrected chi connectivity index (χ0v) is 15.7. The molecule has 0 amide bonds. The van der Waals surface area contributed by atoms with Gasteiger partial charge in [0.15, 0.2) is 5.76 Å². The second kappa shape index (κ2) is 7.63. The van der Waals surface area contributed by atoms with Crippen molar-refractivity contribution in [3.63, 3.8) is 0 Å². The van der Waals surface area contributed by atoms with Crippen LogP contribution in [0.1, 0.15) is 0 Å². The molecular weight excluding hydrogens is 416 g/mol. The van der Waals surface area contributed by atoms with Crippen LogP contribution in [0, 0.1) is 0 Å². The molecule has 1 aliphatic rings.